The maximum atomic E-state index is 12.7. The zero-order valence-corrected chi connectivity index (χ0v) is 12.1. The molecule has 0 radical (unpaired) electrons. The lowest BCUT2D eigenvalue weighted by Gasteiger charge is -2.15. The van der Waals surface area contributed by atoms with E-state index in [4.69, 9.17) is 10.6 Å². The maximum absolute atomic E-state index is 12.7. The van der Waals surface area contributed by atoms with E-state index in [9.17, 15) is 13.2 Å². The molecule has 4 N–H and O–H groups in total. The fourth-order valence-corrected chi connectivity index (χ4v) is 1.67. The summed E-state index contributed by atoms with van der Waals surface area (Å²) in [6.45, 7) is 3.85. The van der Waals surface area contributed by atoms with Crippen molar-refractivity contribution in [2.45, 2.75) is 26.1 Å². The lowest BCUT2D eigenvalue weighted by atomic mass is 10.1. The molecule has 1 aromatic rings. The van der Waals surface area contributed by atoms with Crippen LogP contribution in [0.4, 0.5) is 18.9 Å². The van der Waals surface area contributed by atoms with Crippen molar-refractivity contribution in [1.82, 2.24) is 5.43 Å². The summed E-state index contributed by atoms with van der Waals surface area (Å²) in [5.74, 6) is 5.50. The predicted octanol–water partition coefficient (Wildman–Crippen LogP) is 2.28. The average molecular weight is 304 g/mol. The Morgan fingerprint density at radius 2 is 2.10 bits per heavy atom. The second kappa shape index (κ2) is 7.28. The summed E-state index contributed by atoms with van der Waals surface area (Å²) in [5.41, 5.74) is 2.52. The van der Waals surface area contributed by atoms with Crippen molar-refractivity contribution in [3.63, 3.8) is 0 Å². The number of nitrogens with two attached hydrogens (primary N) is 1. The van der Waals surface area contributed by atoms with Crippen LogP contribution in [0.15, 0.2) is 23.2 Å². The molecule has 0 aliphatic rings. The molecule has 0 spiro atoms. The van der Waals surface area contributed by atoms with Crippen LogP contribution in [0.25, 0.3) is 0 Å². The summed E-state index contributed by atoms with van der Waals surface area (Å²) in [5, 5.41) is 2.76. The van der Waals surface area contributed by atoms with Gasteiger partial charge in [-0.05, 0) is 31.5 Å². The lowest BCUT2D eigenvalue weighted by molar-refractivity contribution is -0.137. The van der Waals surface area contributed by atoms with Gasteiger partial charge in [0.05, 0.1) is 18.2 Å². The number of rotatable bonds is 4. The molecule has 0 aromatic heterocycles. The summed E-state index contributed by atoms with van der Waals surface area (Å²) in [6, 6.07) is 3.24. The van der Waals surface area contributed by atoms with Gasteiger partial charge in [0.25, 0.3) is 0 Å². The molecule has 0 heterocycles. The molecule has 1 atom stereocenters. The van der Waals surface area contributed by atoms with Crippen LogP contribution in [0.2, 0.25) is 0 Å². The van der Waals surface area contributed by atoms with Gasteiger partial charge in [0, 0.05) is 12.8 Å². The van der Waals surface area contributed by atoms with Crippen LogP contribution in [-0.4, -0.2) is 25.7 Å². The van der Waals surface area contributed by atoms with Crippen molar-refractivity contribution in [3.8, 4) is 0 Å². The zero-order valence-electron chi connectivity index (χ0n) is 12.1. The highest BCUT2D eigenvalue weighted by molar-refractivity contribution is 5.94. The highest BCUT2D eigenvalue weighted by Crippen LogP contribution is 2.31. The number of benzene rings is 1. The van der Waals surface area contributed by atoms with Crippen LogP contribution < -0.4 is 16.6 Å². The minimum Gasteiger partial charge on any atom is -0.382 e. The van der Waals surface area contributed by atoms with Gasteiger partial charge in [-0.25, -0.2) is 10.8 Å². The Labute approximate surface area is 121 Å². The number of nitrogens with one attached hydrogen (secondary N) is 2. The molecule has 1 unspecified atom stereocenters. The Morgan fingerprint density at radius 3 is 2.62 bits per heavy atom. The Balaban J connectivity index is 2.99. The molecule has 21 heavy (non-hydrogen) atoms. The molecule has 8 heteroatoms. The van der Waals surface area contributed by atoms with Crippen molar-refractivity contribution < 1.29 is 17.9 Å². The molecule has 0 bridgehead atoms. The quantitative estimate of drug-likeness (QED) is 0.345. The number of guanidine groups is 1. The third-order valence-corrected chi connectivity index (χ3v) is 2.71. The normalized spacial score (nSPS) is 14.0. The second-order valence-corrected chi connectivity index (χ2v) is 4.58. The third-order valence-electron chi connectivity index (χ3n) is 2.71. The van der Waals surface area contributed by atoms with Crippen LogP contribution in [-0.2, 0) is 10.9 Å². The van der Waals surface area contributed by atoms with Crippen molar-refractivity contribution in [2.24, 2.45) is 10.8 Å². The van der Waals surface area contributed by atoms with Gasteiger partial charge >= 0.3 is 6.18 Å². The highest BCUT2D eigenvalue weighted by Gasteiger charge is 2.30. The van der Waals surface area contributed by atoms with Crippen molar-refractivity contribution in [1.29, 1.82) is 0 Å². The van der Waals surface area contributed by atoms with Gasteiger partial charge in [0.1, 0.15) is 0 Å². The summed E-state index contributed by atoms with van der Waals surface area (Å²) in [4.78, 5) is 4.18. The first-order valence-electron chi connectivity index (χ1n) is 6.26. The monoisotopic (exact) mass is 304 g/mol. The molecule has 0 aliphatic carbocycles. The summed E-state index contributed by atoms with van der Waals surface area (Å²) in [7, 11) is 1.53. The average Bonchev–Trinajstić information content (AvgIpc) is 2.39. The molecule has 0 saturated carbocycles. The van der Waals surface area contributed by atoms with Crippen LogP contribution in [0.1, 0.15) is 18.1 Å². The second-order valence-electron chi connectivity index (χ2n) is 4.58. The minimum atomic E-state index is -4.40. The molecule has 0 saturated heterocycles. The molecule has 0 fully saturated rings. The zero-order chi connectivity index (χ0) is 16.0. The van der Waals surface area contributed by atoms with E-state index in [1.165, 1.54) is 13.2 Å². The minimum absolute atomic E-state index is 0.168. The topological polar surface area (TPSA) is 71.7 Å². The lowest BCUT2D eigenvalue weighted by Crippen LogP contribution is -2.37. The van der Waals surface area contributed by atoms with E-state index >= 15 is 0 Å². The van der Waals surface area contributed by atoms with E-state index in [1.54, 1.807) is 13.8 Å². The Morgan fingerprint density at radius 1 is 1.43 bits per heavy atom. The van der Waals surface area contributed by atoms with Crippen LogP contribution in [0.3, 0.4) is 0 Å². The molecule has 0 amide bonds. The molecule has 118 valence electrons. The van der Waals surface area contributed by atoms with E-state index < -0.39 is 11.7 Å². The summed E-state index contributed by atoms with van der Waals surface area (Å²) < 4.78 is 43.1. The standard InChI is InChI=1S/C13H19F3N4O/c1-8-4-5-10(13(14,15)16)6-11(8)19-12(20-17)18-9(2)7-21-3/h4-6,9H,7,17H2,1-3H3,(H2,18,19,20). The first-order valence-corrected chi connectivity index (χ1v) is 6.26. The van der Waals surface area contributed by atoms with E-state index in [2.05, 4.69) is 15.7 Å². The third kappa shape index (κ3) is 5.24. The molecular formula is C13H19F3N4O. The predicted molar refractivity (Wildman–Crippen MR) is 75.9 cm³/mol. The Kier molecular flexibility index (Phi) is 5.98. The number of alkyl halides is 3. The number of anilines is 1. The van der Waals surface area contributed by atoms with Gasteiger partial charge in [0.15, 0.2) is 0 Å². The Hall–Kier alpha value is -1.80. The number of halogens is 3. The Bertz CT molecular complexity index is 503. The van der Waals surface area contributed by atoms with Gasteiger partial charge in [-0.3, -0.25) is 5.43 Å². The van der Waals surface area contributed by atoms with E-state index in [-0.39, 0.29) is 17.7 Å². The van der Waals surface area contributed by atoms with Crippen LogP contribution in [0.5, 0.6) is 0 Å². The van der Waals surface area contributed by atoms with Crippen molar-refractivity contribution in [3.05, 3.63) is 29.3 Å². The van der Waals surface area contributed by atoms with Crippen LogP contribution in [0, 0.1) is 6.92 Å². The number of hydrogen-bond acceptors (Lipinski definition) is 3. The van der Waals surface area contributed by atoms with Gasteiger partial charge < -0.3 is 10.1 Å². The van der Waals surface area contributed by atoms with E-state index in [0.717, 1.165) is 12.1 Å². The van der Waals surface area contributed by atoms with Crippen molar-refractivity contribution >= 4 is 11.6 Å². The number of nitrogens with zero attached hydrogens (tertiary/aromatic N) is 1. The number of methoxy groups -OCH3 is 1. The SMILES string of the molecule is COCC(C)N=C(NN)Nc1cc(C(F)(F)F)ccc1C. The molecular weight excluding hydrogens is 285 g/mol. The van der Waals surface area contributed by atoms with Gasteiger partial charge in [0.2, 0.25) is 5.96 Å². The van der Waals surface area contributed by atoms with Gasteiger partial charge in [-0.1, -0.05) is 6.07 Å². The molecule has 0 aliphatic heterocycles. The molecule has 5 nitrogen and oxygen atoms in total. The van der Waals surface area contributed by atoms with E-state index in [0.29, 0.717) is 12.2 Å². The summed E-state index contributed by atoms with van der Waals surface area (Å²) >= 11 is 0. The van der Waals surface area contributed by atoms with Crippen LogP contribution >= 0.6 is 0 Å². The molecule has 1 rings (SSSR count). The van der Waals surface area contributed by atoms with Gasteiger partial charge in [-0.2, -0.15) is 13.2 Å². The van der Waals surface area contributed by atoms with Crippen molar-refractivity contribution in [2.75, 3.05) is 19.0 Å². The fourth-order valence-electron chi connectivity index (χ4n) is 1.67. The fraction of sp³-hybridized carbons (Fsp3) is 0.462. The summed E-state index contributed by atoms with van der Waals surface area (Å²) in [6.07, 6.45) is -4.40. The smallest absolute Gasteiger partial charge is 0.382 e. The highest BCUT2D eigenvalue weighted by atomic mass is 19.4. The largest absolute Gasteiger partial charge is 0.416 e. The first-order chi connectivity index (χ1) is 9.77. The number of hydrogen-bond donors (Lipinski definition) is 3. The maximum Gasteiger partial charge on any atom is 0.416 e. The van der Waals surface area contributed by atoms with Gasteiger partial charge in [-0.15, -0.1) is 0 Å². The van der Waals surface area contributed by atoms with E-state index in [1.807, 2.05) is 0 Å². The number of hydrazine groups is 1. The number of aryl methyl sites for hydroxylation is 1. The first kappa shape index (κ1) is 17.3. The number of ether oxygens (including phenoxy) is 1. The number of aliphatic imine (C=N–C) groups is 1. The molecule has 1 aromatic carbocycles.